The van der Waals surface area contributed by atoms with Crippen molar-refractivity contribution in [1.29, 1.82) is 0 Å². The lowest BCUT2D eigenvalue weighted by atomic mass is 9.67. The third-order valence-electron chi connectivity index (χ3n) is 11.7. The van der Waals surface area contributed by atoms with Gasteiger partial charge in [-0.15, -0.1) is 0 Å². The molecule has 2 aromatic carbocycles. The first-order valence-corrected chi connectivity index (χ1v) is 24.0. The van der Waals surface area contributed by atoms with Crippen LogP contribution in [0, 0.1) is 21.7 Å². The number of benzene rings is 2. The van der Waals surface area contributed by atoms with Crippen LogP contribution in [0.1, 0.15) is 237 Å². The minimum atomic E-state index is -1.45. The molecule has 3 rings (SSSR count). The first kappa shape index (κ1) is 49.8. The number of fused-ring (bicyclic) bond motifs is 2. The lowest BCUT2D eigenvalue weighted by molar-refractivity contribution is 0.272. The summed E-state index contributed by atoms with van der Waals surface area (Å²) in [7, 11) is -1.45. The van der Waals surface area contributed by atoms with E-state index in [0.717, 1.165) is 82.4 Å². The molecule has 0 saturated carbocycles. The Labute approximate surface area is 356 Å². The quantitative estimate of drug-likeness (QED) is 0.167. The van der Waals surface area contributed by atoms with E-state index in [9.17, 15) is 0 Å². The average molecular weight is 806 g/mol. The van der Waals surface area contributed by atoms with Crippen LogP contribution in [-0.4, -0.2) is 17.8 Å². The first-order chi connectivity index (χ1) is 25.6. The Morgan fingerprint density at radius 1 is 0.456 bits per heavy atom. The lowest BCUT2D eigenvalue weighted by Gasteiger charge is -2.41. The summed E-state index contributed by atoms with van der Waals surface area (Å²) in [5, 5.41) is 0. The normalized spacial score (nSPS) is 15.5. The van der Waals surface area contributed by atoms with Crippen LogP contribution in [0.15, 0.2) is 24.3 Å². The predicted octanol–water partition coefficient (Wildman–Crippen LogP) is 17.0. The fourth-order valence-electron chi connectivity index (χ4n) is 10.8. The molecule has 1 aliphatic heterocycles. The first-order valence-electron chi connectivity index (χ1n) is 22.9. The van der Waals surface area contributed by atoms with Crippen molar-refractivity contribution in [2.75, 3.05) is 13.1 Å². The van der Waals surface area contributed by atoms with Crippen LogP contribution in [0.5, 0.6) is 11.5 Å². The molecule has 0 spiro atoms. The molecule has 0 unspecified atom stereocenters. The number of unbranched alkanes of at least 4 members (excludes halogenated alkanes) is 2. The van der Waals surface area contributed by atoms with Gasteiger partial charge in [-0.1, -0.05) is 189 Å². The van der Waals surface area contributed by atoms with E-state index in [4.69, 9.17) is 9.05 Å². The Bertz CT molecular complexity index is 1510. The van der Waals surface area contributed by atoms with Gasteiger partial charge in [0.1, 0.15) is 11.5 Å². The van der Waals surface area contributed by atoms with Crippen molar-refractivity contribution in [3.05, 3.63) is 57.6 Å². The van der Waals surface area contributed by atoms with E-state index in [1.54, 1.807) is 0 Å². The highest BCUT2D eigenvalue weighted by atomic mass is 31.2. The monoisotopic (exact) mass is 806 g/mol. The van der Waals surface area contributed by atoms with Gasteiger partial charge in [-0.3, -0.25) is 0 Å². The molecule has 0 amide bonds. The Balaban J connectivity index is 2.61. The zero-order valence-corrected chi connectivity index (χ0v) is 42.7. The summed E-state index contributed by atoms with van der Waals surface area (Å²) in [5.74, 6) is 2.15. The van der Waals surface area contributed by atoms with Crippen molar-refractivity contribution in [1.82, 2.24) is 4.67 Å². The Kier molecular flexibility index (Phi) is 15.5. The summed E-state index contributed by atoms with van der Waals surface area (Å²) in [4.78, 5) is 0. The second kappa shape index (κ2) is 17.8. The van der Waals surface area contributed by atoms with Crippen LogP contribution in [0.3, 0.4) is 0 Å². The molecular weight excluding hydrogens is 714 g/mol. The van der Waals surface area contributed by atoms with Gasteiger partial charge in [0.25, 0.3) is 0 Å². The van der Waals surface area contributed by atoms with Crippen LogP contribution in [-0.2, 0) is 28.1 Å². The lowest BCUT2D eigenvalue weighted by Crippen LogP contribution is -2.32. The molecule has 57 heavy (non-hydrogen) atoms. The molecule has 0 aliphatic carbocycles. The third-order valence-corrected chi connectivity index (χ3v) is 13.3. The fraction of sp³-hybridized carbons (Fsp3) is 0.774. The number of hydrogen-bond acceptors (Lipinski definition) is 3. The number of rotatable bonds is 15. The van der Waals surface area contributed by atoms with Crippen LogP contribution < -0.4 is 9.05 Å². The van der Waals surface area contributed by atoms with Crippen LogP contribution >= 0.6 is 8.53 Å². The average Bonchev–Trinajstić information content (AvgIpc) is 2.95. The van der Waals surface area contributed by atoms with Crippen molar-refractivity contribution >= 4 is 8.53 Å². The maximum atomic E-state index is 7.65. The van der Waals surface area contributed by atoms with Crippen LogP contribution in [0.2, 0.25) is 0 Å². The smallest absolute Gasteiger partial charge is 0.384 e. The van der Waals surface area contributed by atoms with Gasteiger partial charge in [0, 0.05) is 30.6 Å². The van der Waals surface area contributed by atoms with Crippen molar-refractivity contribution in [2.45, 2.75) is 232 Å². The molecule has 0 fully saturated rings. The minimum absolute atomic E-state index is 0.0169. The molecule has 0 bridgehead atoms. The van der Waals surface area contributed by atoms with Crippen LogP contribution in [0.25, 0.3) is 0 Å². The molecule has 0 atom stereocenters. The molecule has 0 N–H and O–H groups in total. The topological polar surface area (TPSA) is 21.7 Å². The molecule has 0 aromatic heterocycles. The molecular formula is C53H92NO2P. The van der Waals surface area contributed by atoms with Gasteiger partial charge in [0.2, 0.25) is 0 Å². The molecule has 0 saturated heterocycles. The van der Waals surface area contributed by atoms with Gasteiger partial charge < -0.3 is 9.05 Å². The molecule has 4 heteroatoms. The SMILES string of the molecule is CCCCN(CCCC)P1Oc2c(cc(C(C)(C)CC(C)(C)C)cc2C(C)(C)CC(C)(C)C)Cc2cc(C(C)(C)CC(C)(C)C)cc(C(C)(C)CC(C)(C)C)c2O1. The maximum Gasteiger partial charge on any atom is 0.384 e. The second-order valence-corrected chi connectivity index (χ2v) is 27.2. The summed E-state index contributed by atoms with van der Waals surface area (Å²) in [6.45, 7) is 54.9. The number of nitrogens with zero attached hydrogens (tertiary/aromatic N) is 1. The third kappa shape index (κ3) is 14.3. The zero-order valence-electron chi connectivity index (χ0n) is 41.8. The van der Waals surface area contributed by atoms with Crippen molar-refractivity contribution in [3.8, 4) is 11.5 Å². The van der Waals surface area contributed by atoms with Crippen molar-refractivity contribution in [3.63, 3.8) is 0 Å². The highest BCUT2D eigenvalue weighted by Gasteiger charge is 2.41. The highest BCUT2D eigenvalue weighted by molar-refractivity contribution is 7.45. The van der Waals surface area contributed by atoms with Crippen molar-refractivity contribution in [2.24, 2.45) is 21.7 Å². The fourth-order valence-corrected chi connectivity index (χ4v) is 12.4. The van der Waals surface area contributed by atoms with Crippen LogP contribution in [0.4, 0.5) is 0 Å². The number of hydrogen-bond donors (Lipinski definition) is 0. The highest BCUT2D eigenvalue weighted by Crippen LogP contribution is 2.56. The van der Waals surface area contributed by atoms with Gasteiger partial charge in [-0.25, -0.2) is 4.67 Å². The van der Waals surface area contributed by atoms with Gasteiger partial charge in [-0.2, -0.15) is 0 Å². The van der Waals surface area contributed by atoms with Gasteiger partial charge in [-0.05, 0) is 104 Å². The molecule has 3 nitrogen and oxygen atoms in total. The molecule has 1 heterocycles. The Morgan fingerprint density at radius 2 is 0.754 bits per heavy atom. The van der Waals surface area contributed by atoms with E-state index in [1.165, 1.54) is 33.4 Å². The van der Waals surface area contributed by atoms with E-state index < -0.39 is 8.53 Å². The largest absolute Gasteiger partial charge is 0.426 e. The zero-order chi connectivity index (χ0) is 43.8. The van der Waals surface area contributed by atoms with Gasteiger partial charge in [0.05, 0.1) is 0 Å². The summed E-state index contributed by atoms with van der Waals surface area (Å²) in [5.41, 5.74) is 8.60. The van der Waals surface area contributed by atoms with Gasteiger partial charge in [0.15, 0.2) is 0 Å². The maximum absolute atomic E-state index is 7.65. The van der Waals surface area contributed by atoms with E-state index >= 15 is 0 Å². The summed E-state index contributed by atoms with van der Waals surface area (Å²) < 4.78 is 17.9. The van der Waals surface area contributed by atoms with Gasteiger partial charge >= 0.3 is 8.53 Å². The minimum Gasteiger partial charge on any atom is -0.426 e. The molecule has 0 radical (unpaired) electrons. The van der Waals surface area contributed by atoms with E-state index in [2.05, 4.69) is 181 Å². The summed E-state index contributed by atoms with van der Waals surface area (Å²) in [6.07, 6.45) is 9.63. The van der Waals surface area contributed by atoms with E-state index in [-0.39, 0.29) is 43.3 Å². The Hall–Kier alpha value is -1.57. The molecule has 1 aliphatic rings. The Morgan fingerprint density at radius 3 is 1.04 bits per heavy atom. The summed E-state index contributed by atoms with van der Waals surface area (Å²) >= 11 is 0. The van der Waals surface area contributed by atoms with E-state index in [1.807, 2.05) is 0 Å². The van der Waals surface area contributed by atoms with Crippen molar-refractivity contribution < 1.29 is 9.05 Å². The standard InChI is InChI=1S/C53H92NO2P/c1-23-25-27-54(28-26-24-2)57-55-44-38(30-40(50(15,16)34-46(3,4)5)32-42(44)52(19,20)36-48(9,10)11)29-39-31-41(51(17,18)35-47(6,7)8)33-43(45(39)56-57)53(21,22)37-49(12,13)14/h30-33H,23-29,34-37H2,1-22H3. The summed E-state index contributed by atoms with van der Waals surface area (Å²) in [6, 6.07) is 10.2. The molecule has 326 valence electrons. The second-order valence-electron chi connectivity index (χ2n) is 25.8. The van der Waals surface area contributed by atoms with E-state index in [0.29, 0.717) is 0 Å². The molecule has 2 aromatic rings. The predicted molar refractivity (Wildman–Crippen MR) is 254 cm³/mol.